The minimum absolute atomic E-state index is 0.0716. The van der Waals surface area contributed by atoms with Gasteiger partial charge in [0.15, 0.2) is 5.16 Å². The van der Waals surface area contributed by atoms with Crippen molar-refractivity contribution in [1.82, 2.24) is 14.8 Å². The van der Waals surface area contributed by atoms with Crippen molar-refractivity contribution in [1.29, 1.82) is 0 Å². The zero-order chi connectivity index (χ0) is 13.9. The van der Waals surface area contributed by atoms with Crippen molar-refractivity contribution in [3.63, 3.8) is 0 Å². The van der Waals surface area contributed by atoms with E-state index in [1.165, 1.54) is 0 Å². The van der Waals surface area contributed by atoms with Gasteiger partial charge < -0.3 is 0 Å². The van der Waals surface area contributed by atoms with Gasteiger partial charge in [-0.3, -0.25) is 4.57 Å². The molecule has 1 saturated carbocycles. The summed E-state index contributed by atoms with van der Waals surface area (Å²) < 4.78 is 29.3. The second-order valence-electron chi connectivity index (χ2n) is 5.54. The van der Waals surface area contributed by atoms with E-state index in [0.29, 0.717) is 17.5 Å². The van der Waals surface area contributed by atoms with Crippen LogP contribution in [0.25, 0.3) is 5.00 Å². The summed E-state index contributed by atoms with van der Waals surface area (Å²) in [6.07, 6.45) is 4.08. The molecule has 0 unspecified atom stereocenters. The molecule has 0 atom stereocenters. The lowest BCUT2D eigenvalue weighted by molar-refractivity contribution is -0.0122. The van der Waals surface area contributed by atoms with Gasteiger partial charge >= 0.3 is 0 Å². The van der Waals surface area contributed by atoms with E-state index in [0.717, 1.165) is 33.8 Å². The number of fused-ring (bicyclic) bond motifs is 1. The molecule has 2 aromatic rings. The van der Waals surface area contributed by atoms with Gasteiger partial charge in [0.2, 0.25) is 0 Å². The number of alkyl halides is 2. The highest BCUT2D eigenvalue weighted by molar-refractivity contribution is 7.80. The van der Waals surface area contributed by atoms with E-state index in [1.807, 2.05) is 4.57 Å². The van der Waals surface area contributed by atoms with Gasteiger partial charge in [-0.25, -0.2) is 8.78 Å². The van der Waals surface area contributed by atoms with Crippen LogP contribution in [0.4, 0.5) is 8.78 Å². The maximum absolute atomic E-state index is 13.7. The van der Waals surface area contributed by atoms with Crippen LogP contribution in [-0.2, 0) is 12.8 Å². The van der Waals surface area contributed by atoms with Crippen LogP contribution in [0, 0.1) is 0 Å². The Morgan fingerprint density at radius 3 is 2.80 bits per heavy atom. The van der Waals surface area contributed by atoms with E-state index in [4.69, 9.17) is 0 Å². The summed E-state index contributed by atoms with van der Waals surface area (Å²) in [4.78, 5) is 1.15. The molecule has 0 amide bonds. The quantitative estimate of drug-likeness (QED) is 0.859. The summed E-state index contributed by atoms with van der Waals surface area (Å²) in [6, 6.07) is 0. The Morgan fingerprint density at radius 1 is 1.35 bits per heavy atom. The van der Waals surface area contributed by atoms with Crippen LogP contribution in [0.3, 0.4) is 0 Å². The first-order valence-corrected chi connectivity index (χ1v) is 7.93. The molecule has 7 heteroatoms. The first kappa shape index (κ1) is 12.8. The van der Waals surface area contributed by atoms with Gasteiger partial charge in [0.05, 0.1) is 0 Å². The smallest absolute Gasteiger partial charge is 0.252 e. The van der Waals surface area contributed by atoms with Gasteiger partial charge in [-0.15, -0.1) is 34.2 Å². The Kier molecular flexibility index (Phi) is 2.73. The zero-order valence-electron chi connectivity index (χ0n) is 10.6. The SMILES string of the molecule is FC1(F)CCc2c(-n3cnnc3S)sc(C3CC3)c2C1. The van der Waals surface area contributed by atoms with Gasteiger partial charge in [0.1, 0.15) is 11.3 Å². The number of hydrogen-bond acceptors (Lipinski definition) is 4. The normalized spacial score (nSPS) is 20.9. The number of hydrogen-bond donors (Lipinski definition) is 1. The van der Waals surface area contributed by atoms with E-state index in [1.54, 1.807) is 17.7 Å². The minimum Gasteiger partial charge on any atom is -0.267 e. The van der Waals surface area contributed by atoms with Crippen molar-refractivity contribution >= 4 is 24.0 Å². The second kappa shape index (κ2) is 4.27. The highest BCUT2D eigenvalue weighted by atomic mass is 32.1. The molecule has 1 fully saturated rings. The number of nitrogens with zero attached hydrogens (tertiary/aromatic N) is 3. The lowest BCUT2D eigenvalue weighted by Gasteiger charge is -2.23. The Morgan fingerprint density at radius 2 is 2.15 bits per heavy atom. The van der Waals surface area contributed by atoms with Crippen LogP contribution >= 0.6 is 24.0 Å². The molecule has 0 aromatic carbocycles. The number of thiol groups is 1. The maximum Gasteiger partial charge on any atom is 0.252 e. The van der Waals surface area contributed by atoms with Gasteiger partial charge in [0, 0.05) is 17.7 Å². The molecule has 20 heavy (non-hydrogen) atoms. The molecule has 0 spiro atoms. The molecule has 2 heterocycles. The minimum atomic E-state index is -2.56. The molecule has 0 bridgehead atoms. The Bertz CT molecular complexity index is 673. The Balaban J connectivity index is 1.87. The van der Waals surface area contributed by atoms with Gasteiger partial charge in [-0.1, -0.05) is 0 Å². The lowest BCUT2D eigenvalue weighted by atomic mass is 9.89. The van der Waals surface area contributed by atoms with E-state index in [2.05, 4.69) is 22.8 Å². The number of rotatable bonds is 2. The first-order valence-electron chi connectivity index (χ1n) is 6.67. The van der Waals surface area contributed by atoms with Crippen LogP contribution < -0.4 is 0 Å². The monoisotopic (exact) mass is 313 g/mol. The lowest BCUT2D eigenvalue weighted by Crippen LogP contribution is -2.26. The molecule has 4 rings (SSSR count). The summed E-state index contributed by atoms with van der Waals surface area (Å²) in [5.74, 6) is -2.08. The fourth-order valence-corrected chi connectivity index (χ4v) is 4.63. The third-order valence-electron chi connectivity index (χ3n) is 4.00. The van der Waals surface area contributed by atoms with E-state index < -0.39 is 5.92 Å². The van der Waals surface area contributed by atoms with Crippen molar-refractivity contribution in [2.24, 2.45) is 0 Å². The number of aromatic nitrogens is 3. The van der Waals surface area contributed by atoms with Gasteiger partial charge in [-0.2, -0.15) is 0 Å². The third kappa shape index (κ3) is 1.98. The second-order valence-corrected chi connectivity index (χ2v) is 6.97. The number of thiophene rings is 1. The Hall–Kier alpha value is -0.950. The van der Waals surface area contributed by atoms with Crippen LogP contribution in [0.5, 0.6) is 0 Å². The predicted octanol–water partition coefficient (Wildman–Crippen LogP) is 3.62. The van der Waals surface area contributed by atoms with E-state index in [-0.39, 0.29) is 12.8 Å². The maximum atomic E-state index is 13.7. The molecule has 106 valence electrons. The van der Waals surface area contributed by atoms with Gasteiger partial charge in [-0.05, 0) is 36.3 Å². The molecule has 2 aliphatic carbocycles. The molecular formula is C13H13F2N3S2. The van der Waals surface area contributed by atoms with Crippen LogP contribution in [-0.4, -0.2) is 20.7 Å². The summed E-state index contributed by atoms with van der Waals surface area (Å²) in [5.41, 5.74) is 1.93. The Labute approximate surface area is 124 Å². The van der Waals surface area contributed by atoms with Crippen molar-refractivity contribution in [2.45, 2.75) is 49.1 Å². The van der Waals surface area contributed by atoms with Crippen molar-refractivity contribution in [2.75, 3.05) is 0 Å². The summed E-state index contributed by atoms with van der Waals surface area (Å²) in [7, 11) is 0. The molecular weight excluding hydrogens is 300 g/mol. The van der Waals surface area contributed by atoms with Crippen LogP contribution in [0.15, 0.2) is 11.5 Å². The topological polar surface area (TPSA) is 30.7 Å². The third-order valence-corrected chi connectivity index (χ3v) is 5.74. The van der Waals surface area contributed by atoms with Crippen molar-refractivity contribution in [3.05, 3.63) is 22.3 Å². The zero-order valence-corrected chi connectivity index (χ0v) is 12.4. The number of halogens is 2. The van der Waals surface area contributed by atoms with Crippen LogP contribution in [0.2, 0.25) is 0 Å². The van der Waals surface area contributed by atoms with Crippen LogP contribution in [0.1, 0.15) is 41.2 Å². The van der Waals surface area contributed by atoms with E-state index in [9.17, 15) is 8.78 Å². The summed E-state index contributed by atoms with van der Waals surface area (Å²) in [5, 5.41) is 9.20. The predicted molar refractivity (Wildman–Crippen MR) is 75.4 cm³/mol. The largest absolute Gasteiger partial charge is 0.267 e. The molecule has 2 aliphatic rings. The average Bonchev–Trinajstić information content (AvgIpc) is 3.04. The summed E-state index contributed by atoms with van der Waals surface area (Å²) in [6.45, 7) is 0. The molecule has 0 aliphatic heterocycles. The molecule has 0 N–H and O–H groups in total. The first-order chi connectivity index (χ1) is 9.55. The van der Waals surface area contributed by atoms with Gasteiger partial charge in [0.25, 0.3) is 5.92 Å². The standard InChI is InChI=1S/C13H13F2N3S2/c14-13(15)4-3-8-9(5-13)10(7-1-2-7)20-11(8)18-6-16-17-12(18)19/h6-7H,1-5H2,(H,17,19). The molecule has 0 radical (unpaired) electrons. The van der Waals surface area contributed by atoms with Crippen molar-refractivity contribution in [3.8, 4) is 5.00 Å². The highest BCUT2D eigenvalue weighted by Gasteiger charge is 2.41. The molecule has 3 nitrogen and oxygen atoms in total. The van der Waals surface area contributed by atoms with E-state index >= 15 is 0 Å². The van der Waals surface area contributed by atoms with Crippen molar-refractivity contribution < 1.29 is 8.78 Å². The average molecular weight is 313 g/mol. The summed E-state index contributed by atoms with van der Waals surface area (Å²) >= 11 is 5.91. The molecule has 0 saturated heterocycles. The highest BCUT2D eigenvalue weighted by Crippen LogP contribution is 2.51. The molecule has 2 aromatic heterocycles. The fraction of sp³-hybridized carbons (Fsp3) is 0.538. The fourth-order valence-electron chi connectivity index (χ4n) is 2.85.